The van der Waals surface area contributed by atoms with E-state index in [0.717, 1.165) is 29.3 Å². The van der Waals surface area contributed by atoms with Crippen LogP contribution in [0.2, 0.25) is 0 Å². The van der Waals surface area contributed by atoms with Gasteiger partial charge in [0.1, 0.15) is 5.75 Å². The van der Waals surface area contributed by atoms with Crippen LogP contribution in [-0.4, -0.2) is 19.2 Å². The van der Waals surface area contributed by atoms with E-state index in [1.54, 1.807) is 0 Å². The maximum absolute atomic E-state index is 5.78. The Labute approximate surface area is 112 Å². The Morgan fingerprint density at radius 1 is 1.47 bits per heavy atom. The van der Waals surface area contributed by atoms with Gasteiger partial charge in [-0.1, -0.05) is 6.07 Å². The van der Waals surface area contributed by atoms with Crippen molar-refractivity contribution in [3.05, 3.63) is 28.2 Å². The van der Waals surface area contributed by atoms with Crippen molar-refractivity contribution in [2.24, 2.45) is 0 Å². The van der Waals surface area contributed by atoms with Gasteiger partial charge >= 0.3 is 0 Å². The number of ether oxygens (including phenoxy) is 1. The summed E-state index contributed by atoms with van der Waals surface area (Å²) in [6.07, 6.45) is 5.00. The van der Waals surface area contributed by atoms with Crippen LogP contribution < -0.4 is 10.1 Å². The monoisotopic (exact) mass is 297 g/mol. The second-order valence-electron chi connectivity index (χ2n) is 4.72. The number of benzene rings is 1. The molecule has 0 saturated carbocycles. The molecule has 0 aromatic heterocycles. The fraction of sp³-hybridized carbons (Fsp3) is 0.571. The first-order valence-corrected chi connectivity index (χ1v) is 7.17. The molecule has 1 aliphatic heterocycles. The molecule has 0 aliphatic carbocycles. The second-order valence-corrected chi connectivity index (χ2v) is 5.57. The van der Waals surface area contributed by atoms with Crippen molar-refractivity contribution >= 4 is 15.9 Å². The van der Waals surface area contributed by atoms with Crippen molar-refractivity contribution in [2.45, 2.75) is 38.6 Å². The largest absolute Gasteiger partial charge is 0.492 e. The summed E-state index contributed by atoms with van der Waals surface area (Å²) >= 11 is 3.53. The Morgan fingerprint density at radius 2 is 2.35 bits per heavy atom. The molecule has 2 nitrogen and oxygen atoms in total. The van der Waals surface area contributed by atoms with Gasteiger partial charge in [0.15, 0.2) is 0 Å². The molecule has 17 heavy (non-hydrogen) atoms. The number of nitrogens with one attached hydrogen (secondary N) is 1. The Hall–Kier alpha value is -0.540. The standard InChI is InChI=1S/C14H20BrNO/c1-11-6-7-14(13(15)10-11)17-9-3-5-12-4-2-8-16-12/h6-7,10,12,16H,2-5,8-9H2,1H3. The minimum absolute atomic E-state index is 0.722. The molecule has 1 atom stereocenters. The Balaban J connectivity index is 1.70. The SMILES string of the molecule is Cc1ccc(OCCCC2CCCN2)c(Br)c1. The first-order valence-electron chi connectivity index (χ1n) is 6.38. The minimum atomic E-state index is 0.722. The molecule has 0 bridgehead atoms. The highest BCUT2D eigenvalue weighted by atomic mass is 79.9. The molecule has 1 fully saturated rings. The second kappa shape index (κ2) is 6.41. The summed E-state index contributed by atoms with van der Waals surface area (Å²) in [7, 11) is 0. The Morgan fingerprint density at radius 3 is 3.06 bits per heavy atom. The smallest absolute Gasteiger partial charge is 0.133 e. The summed E-state index contributed by atoms with van der Waals surface area (Å²) in [6.45, 7) is 4.08. The van der Waals surface area contributed by atoms with Crippen LogP contribution >= 0.6 is 15.9 Å². The van der Waals surface area contributed by atoms with Crippen molar-refractivity contribution < 1.29 is 4.74 Å². The van der Waals surface area contributed by atoms with E-state index in [1.165, 1.54) is 31.4 Å². The zero-order valence-corrected chi connectivity index (χ0v) is 11.9. The van der Waals surface area contributed by atoms with Gasteiger partial charge in [-0.15, -0.1) is 0 Å². The highest BCUT2D eigenvalue weighted by molar-refractivity contribution is 9.10. The fourth-order valence-corrected chi connectivity index (χ4v) is 2.85. The molecule has 1 saturated heterocycles. The van der Waals surface area contributed by atoms with Gasteiger partial charge in [-0.2, -0.15) is 0 Å². The molecule has 0 spiro atoms. The van der Waals surface area contributed by atoms with Crippen molar-refractivity contribution in [3.8, 4) is 5.75 Å². The van der Waals surface area contributed by atoms with Crippen LogP contribution in [0, 0.1) is 6.92 Å². The molecule has 1 aromatic carbocycles. The van der Waals surface area contributed by atoms with Crippen LogP contribution in [0.1, 0.15) is 31.2 Å². The van der Waals surface area contributed by atoms with E-state index < -0.39 is 0 Å². The minimum Gasteiger partial charge on any atom is -0.492 e. The van der Waals surface area contributed by atoms with Crippen LogP contribution in [-0.2, 0) is 0 Å². The summed E-state index contributed by atoms with van der Waals surface area (Å²) in [5.74, 6) is 0.954. The normalized spacial score (nSPS) is 19.5. The van der Waals surface area contributed by atoms with Crippen molar-refractivity contribution in [1.29, 1.82) is 0 Å². The van der Waals surface area contributed by atoms with E-state index >= 15 is 0 Å². The van der Waals surface area contributed by atoms with Crippen molar-refractivity contribution in [1.82, 2.24) is 5.32 Å². The molecule has 0 radical (unpaired) electrons. The lowest BCUT2D eigenvalue weighted by Crippen LogP contribution is -2.21. The van der Waals surface area contributed by atoms with Crippen molar-refractivity contribution in [3.63, 3.8) is 0 Å². The molecule has 1 N–H and O–H groups in total. The molecule has 1 heterocycles. The van der Waals surface area contributed by atoms with Gasteiger partial charge in [0.05, 0.1) is 11.1 Å². The Bertz CT molecular complexity index is 361. The third-order valence-electron chi connectivity index (χ3n) is 3.20. The lowest BCUT2D eigenvalue weighted by molar-refractivity contribution is 0.297. The van der Waals surface area contributed by atoms with Gasteiger partial charge in [-0.3, -0.25) is 0 Å². The maximum atomic E-state index is 5.78. The Kier molecular flexibility index (Phi) is 4.86. The van der Waals surface area contributed by atoms with E-state index in [0.29, 0.717) is 0 Å². The third-order valence-corrected chi connectivity index (χ3v) is 3.82. The summed E-state index contributed by atoms with van der Waals surface area (Å²) in [5, 5.41) is 3.51. The molecule has 94 valence electrons. The highest BCUT2D eigenvalue weighted by Gasteiger charge is 2.13. The maximum Gasteiger partial charge on any atom is 0.133 e. The quantitative estimate of drug-likeness (QED) is 0.838. The third kappa shape index (κ3) is 4.00. The molecular weight excluding hydrogens is 278 g/mol. The van der Waals surface area contributed by atoms with Gasteiger partial charge < -0.3 is 10.1 Å². The number of aryl methyl sites for hydroxylation is 1. The summed E-state index contributed by atoms with van der Waals surface area (Å²) < 4.78 is 6.83. The first kappa shape index (κ1) is 12.9. The topological polar surface area (TPSA) is 21.3 Å². The zero-order valence-electron chi connectivity index (χ0n) is 10.3. The van der Waals surface area contributed by atoms with Crippen molar-refractivity contribution in [2.75, 3.05) is 13.2 Å². The van der Waals surface area contributed by atoms with Gasteiger partial charge in [0, 0.05) is 6.04 Å². The molecule has 0 amide bonds. The molecule has 1 aromatic rings. The lowest BCUT2D eigenvalue weighted by atomic mass is 10.1. The predicted octanol–water partition coefficient (Wildman–Crippen LogP) is 3.67. The average molecular weight is 298 g/mol. The number of rotatable bonds is 5. The average Bonchev–Trinajstić information content (AvgIpc) is 2.79. The van der Waals surface area contributed by atoms with Crippen LogP contribution in [0.15, 0.2) is 22.7 Å². The molecule has 2 rings (SSSR count). The van der Waals surface area contributed by atoms with Crippen LogP contribution in [0.3, 0.4) is 0 Å². The summed E-state index contributed by atoms with van der Waals surface area (Å²) in [6, 6.07) is 6.93. The molecule has 1 unspecified atom stereocenters. The van der Waals surface area contributed by atoms with Crippen LogP contribution in [0.5, 0.6) is 5.75 Å². The van der Waals surface area contributed by atoms with Gasteiger partial charge in [0.2, 0.25) is 0 Å². The van der Waals surface area contributed by atoms with E-state index in [9.17, 15) is 0 Å². The molecule has 3 heteroatoms. The van der Waals surface area contributed by atoms with Gasteiger partial charge in [0.25, 0.3) is 0 Å². The summed E-state index contributed by atoms with van der Waals surface area (Å²) in [4.78, 5) is 0. The van der Waals surface area contributed by atoms with Crippen LogP contribution in [0.25, 0.3) is 0 Å². The van der Waals surface area contributed by atoms with Gasteiger partial charge in [-0.05, 0) is 72.8 Å². The number of hydrogen-bond donors (Lipinski definition) is 1. The van der Waals surface area contributed by atoms with Crippen LogP contribution in [0.4, 0.5) is 0 Å². The fourth-order valence-electron chi connectivity index (χ4n) is 2.24. The van der Waals surface area contributed by atoms with E-state index in [1.807, 2.05) is 6.07 Å². The summed E-state index contributed by atoms with van der Waals surface area (Å²) in [5.41, 5.74) is 1.25. The number of halogens is 1. The predicted molar refractivity (Wildman–Crippen MR) is 74.6 cm³/mol. The first-order chi connectivity index (χ1) is 8.25. The molecule has 1 aliphatic rings. The van der Waals surface area contributed by atoms with E-state index in [2.05, 4.69) is 40.3 Å². The highest BCUT2D eigenvalue weighted by Crippen LogP contribution is 2.26. The van der Waals surface area contributed by atoms with E-state index in [-0.39, 0.29) is 0 Å². The van der Waals surface area contributed by atoms with E-state index in [4.69, 9.17) is 4.74 Å². The zero-order chi connectivity index (χ0) is 12.1. The number of hydrogen-bond acceptors (Lipinski definition) is 2. The lowest BCUT2D eigenvalue weighted by Gasteiger charge is -2.11. The molecular formula is C14H20BrNO. The van der Waals surface area contributed by atoms with Gasteiger partial charge in [-0.25, -0.2) is 0 Å².